The van der Waals surface area contributed by atoms with E-state index in [1.54, 1.807) is 11.1 Å². The maximum atomic E-state index is 14.8. The molecular formula is C29H40F2N2O3. The lowest BCUT2D eigenvalue weighted by Crippen LogP contribution is -2.44. The van der Waals surface area contributed by atoms with E-state index in [4.69, 9.17) is 9.57 Å². The van der Waals surface area contributed by atoms with Crippen LogP contribution in [-0.2, 0) is 11.4 Å². The molecule has 0 aliphatic carbocycles. The molecule has 1 unspecified atom stereocenters. The second-order valence-corrected chi connectivity index (χ2v) is 10.3. The number of alkyl halides is 1. The van der Waals surface area contributed by atoms with Gasteiger partial charge in [-0.1, -0.05) is 38.1 Å². The number of aliphatic hydroxyl groups excluding tert-OH is 1. The van der Waals surface area contributed by atoms with Crippen LogP contribution < -0.4 is 4.74 Å². The molecule has 36 heavy (non-hydrogen) atoms. The van der Waals surface area contributed by atoms with E-state index in [9.17, 15) is 13.9 Å². The smallest absolute Gasteiger partial charge is 0.131 e. The van der Waals surface area contributed by atoms with Crippen molar-refractivity contribution in [3.63, 3.8) is 0 Å². The molecule has 7 heteroatoms. The minimum absolute atomic E-state index is 0.279. The fourth-order valence-corrected chi connectivity index (χ4v) is 5.01. The number of benzene rings is 2. The molecule has 2 saturated heterocycles. The molecule has 1 N–H and O–H groups in total. The molecular weight excluding hydrogens is 462 g/mol. The Morgan fingerprint density at radius 2 is 1.72 bits per heavy atom. The topological polar surface area (TPSA) is 45.2 Å². The minimum Gasteiger partial charge on any atom is -0.493 e. The highest BCUT2D eigenvalue weighted by Gasteiger charge is 2.30. The molecule has 5 nitrogen and oxygen atoms in total. The van der Waals surface area contributed by atoms with Crippen molar-refractivity contribution < 1.29 is 23.5 Å². The molecule has 198 valence electrons. The lowest BCUT2D eigenvalue weighted by molar-refractivity contribution is -0.158. The quantitative estimate of drug-likeness (QED) is 0.433. The fourth-order valence-electron chi connectivity index (χ4n) is 5.01. The summed E-state index contributed by atoms with van der Waals surface area (Å²) in [5.74, 6) is 0.954. The first-order valence-corrected chi connectivity index (χ1v) is 13.4. The van der Waals surface area contributed by atoms with Crippen molar-refractivity contribution in [2.45, 2.75) is 64.3 Å². The van der Waals surface area contributed by atoms with Crippen LogP contribution >= 0.6 is 0 Å². The standard InChI is InChI=1S/C29H40F2N2O3/c1-3-29(31,4-2)21-32-14-11-22(12-15-32)19-35-26-8-6-24(7-9-26)27-10-5-23(17-28(27)30)20-36-33-16-13-25(34)18-33/h5-10,17,22,25,34H,3-4,11-16,18-21H2,1-2H3. The van der Waals surface area contributed by atoms with Gasteiger partial charge in [0.2, 0.25) is 0 Å². The van der Waals surface area contributed by atoms with Gasteiger partial charge in [0.1, 0.15) is 17.2 Å². The van der Waals surface area contributed by atoms with Crippen LogP contribution in [-0.4, -0.2) is 66.2 Å². The van der Waals surface area contributed by atoms with Gasteiger partial charge < -0.3 is 14.7 Å². The number of hydroxylamine groups is 2. The van der Waals surface area contributed by atoms with Gasteiger partial charge in [0.15, 0.2) is 0 Å². The van der Waals surface area contributed by atoms with Crippen molar-refractivity contribution in [1.82, 2.24) is 9.96 Å². The van der Waals surface area contributed by atoms with Gasteiger partial charge in [0.25, 0.3) is 0 Å². The van der Waals surface area contributed by atoms with Crippen molar-refractivity contribution in [3.8, 4) is 16.9 Å². The Labute approximate surface area is 214 Å². The highest BCUT2D eigenvalue weighted by molar-refractivity contribution is 5.65. The number of hydrogen-bond donors (Lipinski definition) is 1. The third-order valence-corrected chi connectivity index (χ3v) is 7.71. The lowest BCUT2D eigenvalue weighted by atomic mass is 9.94. The Bertz CT molecular complexity index is 959. The van der Waals surface area contributed by atoms with Gasteiger partial charge in [-0.3, -0.25) is 4.84 Å². The zero-order valence-electron chi connectivity index (χ0n) is 21.6. The summed E-state index contributed by atoms with van der Waals surface area (Å²) in [7, 11) is 0. The lowest BCUT2D eigenvalue weighted by Gasteiger charge is -2.36. The van der Waals surface area contributed by atoms with Crippen LogP contribution in [0.15, 0.2) is 42.5 Å². The summed E-state index contributed by atoms with van der Waals surface area (Å²) in [5.41, 5.74) is 1.02. The molecule has 0 bridgehead atoms. The predicted octanol–water partition coefficient (Wildman–Crippen LogP) is 5.61. The summed E-state index contributed by atoms with van der Waals surface area (Å²) < 4.78 is 35.5. The Morgan fingerprint density at radius 1 is 1.00 bits per heavy atom. The van der Waals surface area contributed by atoms with Crippen LogP contribution in [0, 0.1) is 11.7 Å². The number of likely N-dealkylation sites (tertiary alicyclic amines) is 1. The van der Waals surface area contributed by atoms with Crippen molar-refractivity contribution in [2.75, 3.05) is 39.3 Å². The Kier molecular flexibility index (Phi) is 9.34. The average Bonchev–Trinajstić information content (AvgIpc) is 3.32. The second kappa shape index (κ2) is 12.5. The number of piperidine rings is 1. The summed E-state index contributed by atoms with van der Waals surface area (Å²) in [6.45, 7) is 8.32. The van der Waals surface area contributed by atoms with Gasteiger partial charge in [-0.05, 0) is 80.4 Å². The van der Waals surface area contributed by atoms with Gasteiger partial charge in [-0.2, -0.15) is 5.06 Å². The number of β-amino-alcohol motifs (C(OH)–C–C–N with tert-alkyl or cyclic N) is 1. The average molecular weight is 503 g/mol. The molecule has 0 amide bonds. The van der Waals surface area contributed by atoms with Crippen LogP contribution in [0.1, 0.15) is 51.5 Å². The number of aliphatic hydroxyl groups is 1. The molecule has 0 saturated carbocycles. The molecule has 2 aliphatic rings. The van der Waals surface area contributed by atoms with E-state index < -0.39 is 5.67 Å². The zero-order valence-corrected chi connectivity index (χ0v) is 21.6. The minimum atomic E-state index is -1.07. The van der Waals surface area contributed by atoms with E-state index >= 15 is 0 Å². The van der Waals surface area contributed by atoms with E-state index in [1.165, 1.54) is 6.07 Å². The number of nitrogens with zero attached hydrogens (tertiary/aromatic N) is 2. The van der Waals surface area contributed by atoms with Crippen LogP contribution in [0.4, 0.5) is 8.78 Å². The van der Waals surface area contributed by atoms with Gasteiger partial charge in [0, 0.05) is 18.7 Å². The van der Waals surface area contributed by atoms with Gasteiger partial charge >= 0.3 is 0 Å². The van der Waals surface area contributed by atoms with Crippen molar-refractivity contribution in [1.29, 1.82) is 0 Å². The molecule has 2 aromatic carbocycles. The summed E-state index contributed by atoms with van der Waals surface area (Å²) in [6, 6.07) is 12.7. The SMILES string of the molecule is CCC(F)(CC)CN1CCC(COc2ccc(-c3ccc(CON4CCC(O)C4)cc3F)cc2)CC1. The van der Waals surface area contributed by atoms with Crippen LogP contribution in [0.2, 0.25) is 0 Å². The number of ether oxygens (including phenoxy) is 1. The summed E-state index contributed by atoms with van der Waals surface area (Å²) in [6.07, 6.45) is 3.51. The van der Waals surface area contributed by atoms with Crippen LogP contribution in [0.3, 0.4) is 0 Å². The summed E-state index contributed by atoms with van der Waals surface area (Å²) >= 11 is 0. The maximum absolute atomic E-state index is 14.8. The Hall–Kier alpha value is -2.06. The molecule has 0 aromatic heterocycles. The summed E-state index contributed by atoms with van der Waals surface area (Å²) in [5, 5.41) is 11.3. The second-order valence-electron chi connectivity index (χ2n) is 10.3. The van der Waals surface area contributed by atoms with E-state index in [-0.39, 0.29) is 18.5 Å². The number of halogens is 2. The molecule has 1 atom stereocenters. The monoisotopic (exact) mass is 502 g/mol. The molecule has 2 aromatic rings. The third kappa shape index (κ3) is 7.25. The van der Waals surface area contributed by atoms with Crippen LogP contribution in [0.5, 0.6) is 5.75 Å². The van der Waals surface area contributed by atoms with Crippen LogP contribution in [0.25, 0.3) is 11.1 Å². The molecule has 2 aliphatic heterocycles. The predicted molar refractivity (Wildman–Crippen MR) is 138 cm³/mol. The Morgan fingerprint density at radius 3 is 2.33 bits per heavy atom. The first-order valence-electron chi connectivity index (χ1n) is 13.4. The van der Waals surface area contributed by atoms with E-state index in [0.717, 1.165) is 42.8 Å². The normalized spacial score (nSPS) is 20.2. The largest absolute Gasteiger partial charge is 0.493 e. The summed E-state index contributed by atoms with van der Waals surface area (Å²) in [4.78, 5) is 7.91. The molecule has 4 rings (SSSR count). The molecule has 2 heterocycles. The van der Waals surface area contributed by atoms with Gasteiger partial charge in [-0.15, -0.1) is 0 Å². The first-order chi connectivity index (χ1) is 17.4. The van der Waals surface area contributed by atoms with E-state index in [2.05, 4.69) is 4.90 Å². The maximum Gasteiger partial charge on any atom is 0.131 e. The van der Waals surface area contributed by atoms with Crippen molar-refractivity contribution in [3.05, 3.63) is 53.8 Å². The van der Waals surface area contributed by atoms with E-state index in [0.29, 0.717) is 57.0 Å². The third-order valence-electron chi connectivity index (χ3n) is 7.71. The van der Waals surface area contributed by atoms with Crippen molar-refractivity contribution >= 4 is 0 Å². The highest BCUT2D eigenvalue weighted by atomic mass is 19.1. The molecule has 2 fully saturated rings. The van der Waals surface area contributed by atoms with Gasteiger partial charge in [-0.25, -0.2) is 8.78 Å². The van der Waals surface area contributed by atoms with Crippen molar-refractivity contribution in [2.24, 2.45) is 5.92 Å². The number of rotatable bonds is 11. The zero-order chi connectivity index (χ0) is 25.5. The fraction of sp³-hybridized carbons (Fsp3) is 0.586. The Balaban J connectivity index is 1.23. The molecule has 0 radical (unpaired) electrons. The number of hydrogen-bond acceptors (Lipinski definition) is 5. The van der Waals surface area contributed by atoms with E-state index in [1.807, 2.05) is 44.2 Å². The highest BCUT2D eigenvalue weighted by Crippen LogP contribution is 2.28. The molecule has 0 spiro atoms. The van der Waals surface area contributed by atoms with Gasteiger partial charge in [0.05, 0.1) is 25.9 Å². The first kappa shape index (κ1) is 27.0.